The maximum atomic E-state index is 12.5. The third kappa shape index (κ3) is 5.56. The van der Waals surface area contributed by atoms with E-state index in [1.54, 1.807) is 42.5 Å². The third-order valence-corrected chi connectivity index (χ3v) is 5.88. The van der Waals surface area contributed by atoms with Crippen LogP contribution in [0.5, 0.6) is 0 Å². The van der Waals surface area contributed by atoms with Crippen molar-refractivity contribution in [2.45, 2.75) is 17.9 Å². The van der Waals surface area contributed by atoms with Crippen molar-refractivity contribution in [3.05, 3.63) is 71.8 Å². The fourth-order valence-corrected chi connectivity index (χ4v) is 3.77. The van der Waals surface area contributed by atoms with E-state index in [1.165, 1.54) is 19.1 Å². The van der Waals surface area contributed by atoms with Gasteiger partial charge >= 0.3 is 5.97 Å². The van der Waals surface area contributed by atoms with Crippen LogP contribution in [0.2, 0.25) is 5.02 Å². The summed E-state index contributed by atoms with van der Waals surface area (Å²) in [5.41, 5.74) is 0.490. The van der Waals surface area contributed by atoms with Crippen molar-refractivity contribution in [3.8, 4) is 0 Å². The molecule has 0 saturated carbocycles. The first kappa shape index (κ1) is 21.8. The molecule has 0 unspecified atom stereocenters. The van der Waals surface area contributed by atoms with E-state index in [9.17, 15) is 18.0 Å². The summed E-state index contributed by atoms with van der Waals surface area (Å²) >= 11 is 5.79. The quantitative estimate of drug-likeness (QED) is 0.542. The average Bonchev–Trinajstić information content (AvgIpc) is 2.73. The summed E-state index contributed by atoms with van der Waals surface area (Å²) in [5.74, 6) is -1.43. The number of esters is 1. The summed E-state index contributed by atoms with van der Waals surface area (Å²) < 4.78 is 32.1. The fraction of sp³-hybridized carbons (Fsp3) is 0.143. The van der Waals surface area contributed by atoms with E-state index in [1.807, 2.05) is 12.1 Å². The van der Waals surface area contributed by atoms with Gasteiger partial charge in [0.05, 0.1) is 4.90 Å². The van der Waals surface area contributed by atoms with E-state index in [0.717, 1.165) is 10.8 Å². The van der Waals surface area contributed by atoms with E-state index in [0.29, 0.717) is 10.7 Å². The van der Waals surface area contributed by atoms with Crippen molar-refractivity contribution >= 4 is 50.0 Å². The zero-order valence-electron chi connectivity index (χ0n) is 16.0. The Hall–Kier alpha value is -2.94. The molecule has 0 saturated heterocycles. The molecule has 3 aromatic carbocycles. The number of anilines is 1. The normalized spacial score (nSPS) is 12.3. The highest BCUT2D eigenvalue weighted by Crippen LogP contribution is 2.19. The van der Waals surface area contributed by atoms with Crippen LogP contribution in [0.25, 0.3) is 10.8 Å². The molecule has 7 nitrogen and oxygen atoms in total. The predicted molar refractivity (Wildman–Crippen MR) is 115 cm³/mol. The van der Waals surface area contributed by atoms with Gasteiger partial charge in [-0.15, -0.1) is 0 Å². The molecule has 156 valence electrons. The van der Waals surface area contributed by atoms with E-state index in [4.69, 9.17) is 16.3 Å². The first-order valence-electron chi connectivity index (χ1n) is 8.99. The molecule has 3 aromatic rings. The molecule has 0 aliphatic heterocycles. The average molecular weight is 447 g/mol. The van der Waals surface area contributed by atoms with Crippen molar-refractivity contribution < 1.29 is 22.7 Å². The van der Waals surface area contributed by atoms with Gasteiger partial charge in [0.1, 0.15) is 6.54 Å². The van der Waals surface area contributed by atoms with Gasteiger partial charge in [-0.25, -0.2) is 8.42 Å². The predicted octanol–water partition coefficient (Wildman–Crippen LogP) is 3.34. The molecule has 30 heavy (non-hydrogen) atoms. The van der Waals surface area contributed by atoms with Crippen molar-refractivity contribution in [3.63, 3.8) is 0 Å². The van der Waals surface area contributed by atoms with Gasteiger partial charge in [0, 0.05) is 10.7 Å². The van der Waals surface area contributed by atoms with Gasteiger partial charge in [0.2, 0.25) is 10.0 Å². The molecular formula is C21H19ClN2O5S. The van der Waals surface area contributed by atoms with Crippen molar-refractivity contribution in [2.24, 2.45) is 0 Å². The lowest BCUT2D eigenvalue weighted by molar-refractivity contribution is -0.151. The number of sulfonamides is 1. The van der Waals surface area contributed by atoms with Crippen LogP contribution >= 0.6 is 11.6 Å². The number of halogens is 1. The number of hydrogen-bond acceptors (Lipinski definition) is 5. The molecule has 3 rings (SSSR count). The Morgan fingerprint density at radius 2 is 1.67 bits per heavy atom. The Morgan fingerprint density at radius 1 is 1.00 bits per heavy atom. The maximum absolute atomic E-state index is 12.5. The largest absolute Gasteiger partial charge is 0.452 e. The Kier molecular flexibility index (Phi) is 6.71. The van der Waals surface area contributed by atoms with Crippen LogP contribution in [0, 0.1) is 0 Å². The molecule has 0 aliphatic carbocycles. The molecule has 0 aromatic heterocycles. The first-order chi connectivity index (χ1) is 14.2. The lowest BCUT2D eigenvalue weighted by atomic mass is 10.1. The molecular weight excluding hydrogens is 428 g/mol. The van der Waals surface area contributed by atoms with Gasteiger partial charge in [-0.2, -0.15) is 4.72 Å². The van der Waals surface area contributed by atoms with Gasteiger partial charge in [-0.1, -0.05) is 41.9 Å². The number of carbonyl (C=O) groups excluding carboxylic acids is 2. The summed E-state index contributed by atoms with van der Waals surface area (Å²) in [6.45, 7) is 0.786. The molecule has 2 N–H and O–H groups in total. The minimum Gasteiger partial charge on any atom is -0.452 e. The van der Waals surface area contributed by atoms with Crippen LogP contribution in [0.3, 0.4) is 0 Å². The molecule has 1 atom stereocenters. The topological polar surface area (TPSA) is 102 Å². The molecule has 0 spiro atoms. The SMILES string of the molecule is C[C@@H](OC(=O)CNS(=O)(=O)c1ccc2ccccc2c1)C(=O)Nc1ccc(Cl)cc1. The second-order valence-electron chi connectivity index (χ2n) is 6.46. The van der Waals surface area contributed by atoms with Crippen LogP contribution in [0.15, 0.2) is 71.6 Å². The number of nitrogens with one attached hydrogen (secondary N) is 2. The number of carbonyl (C=O) groups is 2. The fourth-order valence-electron chi connectivity index (χ4n) is 2.64. The first-order valence-corrected chi connectivity index (χ1v) is 10.8. The summed E-state index contributed by atoms with van der Waals surface area (Å²) in [6.07, 6.45) is -1.11. The van der Waals surface area contributed by atoms with Crippen LogP contribution in [-0.4, -0.2) is 32.9 Å². The van der Waals surface area contributed by atoms with Crippen LogP contribution in [0.1, 0.15) is 6.92 Å². The zero-order valence-corrected chi connectivity index (χ0v) is 17.5. The Balaban J connectivity index is 1.55. The number of hydrogen-bond donors (Lipinski definition) is 2. The van der Waals surface area contributed by atoms with E-state index in [2.05, 4.69) is 10.0 Å². The standard InChI is InChI=1S/C21H19ClN2O5S/c1-14(21(26)24-18-9-7-17(22)8-10-18)29-20(25)13-23-30(27,28)19-11-6-15-4-2-3-5-16(15)12-19/h2-12,14,23H,13H2,1H3,(H,24,26)/t14-/m1/s1. The lowest BCUT2D eigenvalue weighted by Gasteiger charge is -2.14. The summed E-state index contributed by atoms with van der Waals surface area (Å²) in [5, 5.41) is 4.75. The van der Waals surface area contributed by atoms with E-state index < -0.39 is 34.5 Å². The summed E-state index contributed by atoms with van der Waals surface area (Å²) in [6, 6.07) is 18.4. The zero-order chi connectivity index (χ0) is 21.7. The number of rotatable bonds is 7. The Bertz CT molecular complexity index is 1180. The number of ether oxygens (including phenoxy) is 1. The van der Waals surface area contributed by atoms with Crippen LogP contribution < -0.4 is 10.0 Å². The highest BCUT2D eigenvalue weighted by Gasteiger charge is 2.21. The van der Waals surface area contributed by atoms with Crippen molar-refractivity contribution in [1.29, 1.82) is 0 Å². The summed E-state index contributed by atoms with van der Waals surface area (Å²) in [7, 11) is -3.92. The van der Waals surface area contributed by atoms with Crippen molar-refractivity contribution in [1.82, 2.24) is 4.72 Å². The van der Waals surface area contributed by atoms with Crippen molar-refractivity contribution in [2.75, 3.05) is 11.9 Å². The minimum atomic E-state index is -3.92. The number of amides is 1. The number of fused-ring (bicyclic) bond motifs is 1. The summed E-state index contributed by atoms with van der Waals surface area (Å²) in [4.78, 5) is 24.1. The Morgan fingerprint density at radius 3 is 2.37 bits per heavy atom. The maximum Gasteiger partial charge on any atom is 0.321 e. The van der Waals surface area contributed by atoms with Gasteiger partial charge < -0.3 is 10.1 Å². The highest BCUT2D eigenvalue weighted by atomic mass is 35.5. The second kappa shape index (κ2) is 9.25. The van der Waals surface area contributed by atoms with Gasteiger partial charge in [0.25, 0.3) is 5.91 Å². The van der Waals surface area contributed by atoms with Gasteiger partial charge in [-0.3, -0.25) is 9.59 Å². The van der Waals surface area contributed by atoms with Gasteiger partial charge in [-0.05, 0) is 54.1 Å². The molecule has 0 fully saturated rings. The van der Waals surface area contributed by atoms with Gasteiger partial charge in [0.15, 0.2) is 6.10 Å². The molecule has 9 heteroatoms. The third-order valence-electron chi connectivity index (χ3n) is 4.23. The van der Waals surface area contributed by atoms with Crippen LogP contribution in [0.4, 0.5) is 5.69 Å². The molecule has 0 aliphatic rings. The highest BCUT2D eigenvalue weighted by molar-refractivity contribution is 7.89. The number of benzene rings is 3. The monoisotopic (exact) mass is 446 g/mol. The van der Waals surface area contributed by atoms with E-state index in [-0.39, 0.29) is 4.90 Å². The second-order valence-corrected chi connectivity index (χ2v) is 8.67. The lowest BCUT2D eigenvalue weighted by Crippen LogP contribution is -2.35. The minimum absolute atomic E-state index is 0.0301. The van der Waals surface area contributed by atoms with E-state index >= 15 is 0 Å². The molecule has 0 heterocycles. The molecule has 1 amide bonds. The van der Waals surface area contributed by atoms with Crippen LogP contribution in [-0.2, 0) is 24.3 Å². The molecule has 0 radical (unpaired) electrons. The molecule has 0 bridgehead atoms. The smallest absolute Gasteiger partial charge is 0.321 e. The Labute approximate surface area is 179 Å².